The Morgan fingerprint density at radius 2 is 1.05 bits per heavy atom. The first-order valence-corrected chi connectivity index (χ1v) is 14.2. The molecule has 0 aliphatic rings. The lowest BCUT2D eigenvalue weighted by molar-refractivity contribution is -0.137. The Kier molecular flexibility index (Phi) is 15.3. The molecule has 3 aromatic carbocycles. The fourth-order valence-electron chi connectivity index (χ4n) is 3.53. The predicted octanol–water partition coefficient (Wildman–Crippen LogP) is 6.50. The second-order valence-corrected chi connectivity index (χ2v) is 9.11. The van der Waals surface area contributed by atoms with Gasteiger partial charge in [0.1, 0.15) is 28.7 Å². The SMILES string of the molecule is C=COCOCCCCOc1ccc(OCOc2ccc(OC(=O)c3ccc(OCCCCOC(=O)C=C)cc3)cc2)cc1. The summed E-state index contributed by atoms with van der Waals surface area (Å²) in [4.78, 5) is 23.5. The van der Waals surface area contributed by atoms with Gasteiger partial charge in [-0.3, -0.25) is 0 Å². The van der Waals surface area contributed by atoms with Gasteiger partial charge < -0.3 is 37.9 Å². The molecule has 3 aromatic rings. The summed E-state index contributed by atoms with van der Waals surface area (Å²) in [5, 5.41) is 0. The van der Waals surface area contributed by atoms with Gasteiger partial charge in [-0.15, -0.1) is 0 Å². The maximum Gasteiger partial charge on any atom is 0.343 e. The van der Waals surface area contributed by atoms with Crippen LogP contribution in [0.25, 0.3) is 0 Å². The van der Waals surface area contributed by atoms with Crippen molar-refractivity contribution in [2.45, 2.75) is 25.7 Å². The molecule has 0 spiro atoms. The standard InChI is InChI=1S/C34H38O10/c1-3-33(35)41-24-8-7-23-39-28-11-9-27(10-12-28)34(36)44-32-19-17-31(18-20-32)43-26-42-30-15-13-29(14-16-30)40-22-6-5-21-38-25-37-4-2/h3-4,9-20H,1-2,5-8,21-26H2. The zero-order valence-electron chi connectivity index (χ0n) is 24.7. The molecule has 10 heteroatoms. The van der Waals surface area contributed by atoms with Crippen LogP contribution in [0.3, 0.4) is 0 Å². The van der Waals surface area contributed by atoms with Gasteiger partial charge in [0.15, 0.2) is 6.79 Å². The van der Waals surface area contributed by atoms with Crippen LogP contribution in [-0.4, -0.2) is 52.0 Å². The third-order valence-electron chi connectivity index (χ3n) is 5.84. The molecule has 0 radical (unpaired) electrons. The van der Waals surface area contributed by atoms with Crippen molar-refractivity contribution in [1.29, 1.82) is 0 Å². The Hall–Kier alpha value is -4.96. The first-order valence-electron chi connectivity index (χ1n) is 14.2. The Morgan fingerprint density at radius 1 is 0.568 bits per heavy atom. The lowest BCUT2D eigenvalue weighted by Crippen LogP contribution is -2.09. The molecule has 0 atom stereocenters. The van der Waals surface area contributed by atoms with Gasteiger partial charge in [-0.05, 0) is 98.5 Å². The average Bonchev–Trinajstić information content (AvgIpc) is 3.05. The zero-order chi connectivity index (χ0) is 31.2. The van der Waals surface area contributed by atoms with Crippen molar-refractivity contribution in [2.75, 3.05) is 40.0 Å². The quantitative estimate of drug-likeness (QED) is 0.0314. The molecular weight excluding hydrogens is 568 g/mol. The minimum absolute atomic E-state index is 0.00604. The Labute approximate surface area is 257 Å². The Morgan fingerprint density at radius 3 is 1.59 bits per heavy atom. The minimum Gasteiger partial charge on any atom is -0.494 e. The van der Waals surface area contributed by atoms with Crippen LogP contribution < -0.4 is 23.7 Å². The van der Waals surface area contributed by atoms with Crippen molar-refractivity contribution in [2.24, 2.45) is 0 Å². The highest BCUT2D eigenvalue weighted by Gasteiger charge is 2.09. The predicted molar refractivity (Wildman–Crippen MR) is 163 cm³/mol. The largest absolute Gasteiger partial charge is 0.494 e. The third kappa shape index (κ3) is 13.3. The lowest BCUT2D eigenvalue weighted by Gasteiger charge is -2.11. The molecule has 0 N–H and O–H groups in total. The van der Waals surface area contributed by atoms with E-state index in [1.807, 2.05) is 24.3 Å². The summed E-state index contributed by atoms with van der Waals surface area (Å²) >= 11 is 0. The molecule has 0 aliphatic carbocycles. The molecule has 3 rings (SSSR count). The van der Waals surface area contributed by atoms with Gasteiger partial charge >= 0.3 is 11.9 Å². The average molecular weight is 607 g/mol. The molecular formula is C34H38O10. The van der Waals surface area contributed by atoms with Crippen LogP contribution in [-0.2, 0) is 19.0 Å². The number of hydrogen-bond donors (Lipinski definition) is 0. The summed E-state index contributed by atoms with van der Waals surface area (Å²) in [6.07, 6.45) is 5.61. The van der Waals surface area contributed by atoms with Gasteiger partial charge in [0, 0.05) is 6.08 Å². The Balaban J connectivity index is 1.29. The zero-order valence-corrected chi connectivity index (χ0v) is 24.7. The number of rotatable bonds is 22. The molecule has 0 bridgehead atoms. The van der Waals surface area contributed by atoms with Crippen LogP contribution in [0.4, 0.5) is 0 Å². The summed E-state index contributed by atoms with van der Waals surface area (Å²) in [5.74, 6) is 2.03. The molecule has 234 valence electrons. The Bertz CT molecular complexity index is 1270. The second-order valence-electron chi connectivity index (χ2n) is 9.11. The van der Waals surface area contributed by atoms with Crippen LogP contribution in [0, 0.1) is 0 Å². The fourth-order valence-corrected chi connectivity index (χ4v) is 3.53. The molecule has 0 saturated heterocycles. The summed E-state index contributed by atoms with van der Waals surface area (Å²) in [6, 6.07) is 20.6. The summed E-state index contributed by atoms with van der Waals surface area (Å²) in [6.45, 7) is 8.98. The number of esters is 2. The second kappa shape index (κ2) is 20.0. The van der Waals surface area contributed by atoms with E-state index in [1.54, 1.807) is 48.5 Å². The molecule has 0 fully saturated rings. The first kappa shape index (κ1) is 33.5. The van der Waals surface area contributed by atoms with E-state index in [9.17, 15) is 9.59 Å². The smallest absolute Gasteiger partial charge is 0.343 e. The first-order chi connectivity index (χ1) is 21.6. The third-order valence-corrected chi connectivity index (χ3v) is 5.84. The van der Waals surface area contributed by atoms with Gasteiger partial charge in [0.05, 0.1) is 38.3 Å². The van der Waals surface area contributed by atoms with Gasteiger partial charge in [0.2, 0.25) is 6.79 Å². The van der Waals surface area contributed by atoms with Gasteiger partial charge in [0.25, 0.3) is 0 Å². The lowest BCUT2D eigenvalue weighted by atomic mass is 10.2. The normalized spacial score (nSPS) is 10.3. The van der Waals surface area contributed by atoms with E-state index < -0.39 is 11.9 Å². The number of carbonyl (C=O) groups excluding carboxylic acids is 2. The fraction of sp³-hybridized carbons (Fsp3) is 0.294. The molecule has 0 amide bonds. The van der Waals surface area contributed by atoms with E-state index in [4.69, 9.17) is 37.9 Å². The molecule has 0 unspecified atom stereocenters. The van der Waals surface area contributed by atoms with E-state index in [0.29, 0.717) is 61.4 Å². The minimum atomic E-state index is -0.492. The number of hydrogen-bond acceptors (Lipinski definition) is 10. The summed E-state index contributed by atoms with van der Waals surface area (Å²) in [5.41, 5.74) is 0.388. The molecule has 0 aliphatic heterocycles. The van der Waals surface area contributed by atoms with Crippen molar-refractivity contribution in [3.8, 4) is 28.7 Å². The van der Waals surface area contributed by atoms with Crippen molar-refractivity contribution < 1.29 is 47.5 Å². The van der Waals surface area contributed by atoms with Crippen LogP contribution in [0.15, 0.2) is 98.3 Å². The van der Waals surface area contributed by atoms with E-state index in [2.05, 4.69) is 13.2 Å². The molecule has 10 nitrogen and oxygen atoms in total. The van der Waals surface area contributed by atoms with Crippen molar-refractivity contribution in [3.05, 3.63) is 104 Å². The van der Waals surface area contributed by atoms with Crippen LogP contribution in [0.5, 0.6) is 28.7 Å². The van der Waals surface area contributed by atoms with E-state index in [-0.39, 0.29) is 13.6 Å². The highest BCUT2D eigenvalue weighted by atomic mass is 16.7. The maximum absolute atomic E-state index is 12.5. The van der Waals surface area contributed by atoms with Gasteiger partial charge in [-0.25, -0.2) is 9.59 Å². The molecule has 0 saturated carbocycles. The maximum atomic E-state index is 12.5. The van der Waals surface area contributed by atoms with Crippen molar-refractivity contribution >= 4 is 11.9 Å². The van der Waals surface area contributed by atoms with Gasteiger partial charge in [-0.2, -0.15) is 0 Å². The molecule has 0 heterocycles. The van der Waals surface area contributed by atoms with E-state index in [1.165, 1.54) is 6.26 Å². The summed E-state index contributed by atoms with van der Waals surface area (Å²) in [7, 11) is 0. The molecule has 0 aromatic heterocycles. The number of benzene rings is 3. The highest BCUT2D eigenvalue weighted by molar-refractivity contribution is 5.91. The van der Waals surface area contributed by atoms with Crippen molar-refractivity contribution in [3.63, 3.8) is 0 Å². The number of unbranched alkanes of at least 4 members (excludes halogenated alkanes) is 2. The van der Waals surface area contributed by atoms with Crippen LogP contribution in [0.2, 0.25) is 0 Å². The monoisotopic (exact) mass is 606 g/mol. The van der Waals surface area contributed by atoms with E-state index >= 15 is 0 Å². The van der Waals surface area contributed by atoms with Crippen molar-refractivity contribution in [1.82, 2.24) is 0 Å². The number of carbonyl (C=O) groups is 2. The highest BCUT2D eigenvalue weighted by Crippen LogP contribution is 2.21. The van der Waals surface area contributed by atoms with E-state index in [0.717, 1.165) is 31.1 Å². The van der Waals surface area contributed by atoms with Crippen LogP contribution >= 0.6 is 0 Å². The molecule has 44 heavy (non-hydrogen) atoms. The van der Waals surface area contributed by atoms with Crippen LogP contribution in [0.1, 0.15) is 36.0 Å². The summed E-state index contributed by atoms with van der Waals surface area (Å²) < 4.78 is 43.2. The number of ether oxygens (including phenoxy) is 8. The van der Waals surface area contributed by atoms with Gasteiger partial charge in [-0.1, -0.05) is 13.2 Å². The topological polar surface area (TPSA) is 108 Å².